The first-order valence-corrected chi connectivity index (χ1v) is 7.11. The second-order valence-corrected chi connectivity index (χ2v) is 5.28. The molecule has 0 aliphatic heterocycles. The van der Waals surface area contributed by atoms with Gasteiger partial charge in [-0.3, -0.25) is 5.41 Å². The Hall–Kier alpha value is -2.08. The van der Waals surface area contributed by atoms with E-state index >= 15 is 0 Å². The van der Waals surface area contributed by atoms with Crippen LogP contribution in [0.2, 0.25) is 0 Å². The van der Waals surface area contributed by atoms with Crippen LogP contribution in [0, 0.1) is 5.41 Å². The van der Waals surface area contributed by atoms with Crippen LogP contribution in [-0.2, 0) is 13.1 Å². The number of imidazole rings is 1. The van der Waals surface area contributed by atoms with Crippen molar-refractivity contribution in [3.63, 3.8) is 0 Å². The summed E-state index contributed by atoms with van der Waals surface area (Å²) < 4.78 is 7.66. The summed E-state index contributed by atoms with van der Waals surface area (Å²) in [7, 11) is 4.03. The standard InChI is InChI=1S/C15H23N5O/c1-4-21-11-5-6-13-12(9-11)18-15(10-19(2)3)20(13)8-7-14(16)17/h5-6,9H,4,7-8,10H2,1-3H3,(H3,16,17). The Bertz CT molecular complexity index is 632. The summed E-state index contributed by atoms with van der Waals surface area (Å²) in [6.07, 6.45) is 0.527. The molecular formula is C15H23N5O. The van der Waals surface area contributed by atoms with Crippen molar-refractivity contribution in [2.45, 2.75) is 26.4 Å². The van der Waals surface area contributed by atoms with Crippen LogP contribution in [0.3, 0.4) is 0 Å². The molecular weight excluding hydrogens is 266 g/mol. The molecule has 114 valence electrons. The summed E-state index contributed by atoms with van der Waals surface area (Å²) in [5.41, 5.74) is 7.46. The van der Waals surface area contributed by atoms with Crippen molar-refractivity contribution in [1.29, 1.82) is 5.41 Å². The fraction of sp³-hybridized carbons (Fsp3) is 0.467. The van der Waals surface area contributed by atoms with Gasteiger partial charge < -0.3 is 19.9 Å². The summed E-state index contributed by atoms with van der Waals surface area (Å²) in [4.78, 5) is 6.78. The zero-order valence-electron chi connectivity index (χ0n) is 12.9. The smallest absolute Gasteiger partial charge is 0.124 e. The van der Waals surface area contributed by atoms with Gasteiger partial charge in [0.15, 0.2) is 0 Å². The van der Waals surface area contributed by atoms with Crippen molar-refractivity contribution in [3.8, 4) is 5.75 Å². The molecule has 0 radical (unpaired) electrons. The van der Waals surface area contributed by atoms with Crippen LogP contribution in [-0.4, -0.2) is 41.0 Å². The van der Waals surface area contributed by atoms with E-state index in [2.05, 4.69) is 9.47 Å². The predicted molar refractivity (Wildman–Crippen MR) is 84.8 cm³/mol. The van der Waals surface area contributed by atoms with Gasteiger partial charge in [0.05, 0.1) is 30.0 Å². The quantitative estimate of drug-likeness (QED) is 0.602. The van der Waals surface area contributed by atoms with Crippen LogP contribution in [0.5, 0.6) is 5.75 Å². The molecule has 1 heterocycles. The fourth-order valence-corrected chi connectivity index (χ4v) is 2.30. The zero-order valence-corrected chi connectivity index (χ0v) is 12.9. The number of aromatic nitrogens is 2. The van der Waals surface area contributed by atoms with Gasteiger partial charge in [-0.25, -0.2) is 4.98 Å². The lowest BCUT2D eigenvalue weighted by atomic mass is 10.3. The van der Waals surface area contributed by atoms with Crippen LogP contribution < -0.4 is 10.5 Å². The largest absolute Gasteiger partial charge is 0.494 e. The number of ether oxygens (including phenoxy) is 1. The third kappa shape index (κ3) is 3.72. The van der Waals surface area contributed by atoms with E-state index in [1.54, 1.807) is 0 Å². The van der Waals surface area contributed by atoms with Crippen LogP contribution >= 0.6 is 0 Å². The maximum atomic E-state index is 7.42. The summed E-state index contributed by atoms with van der Waals surface area (Å²) in [5.74, 6) is 2.00. The normalized spacial score (nSPS) is 11.2. The van der Waals surface area contributed by atoms with Gasteiger partial charge in [-0.2, -0.15) is 0 Å². The SMILES string of the molecule is CCOc1ccc2c(c1)nc(CN(C)C)n2CCC(=N)N. The van der Waals surface area contributed by atoms with Gasteiger partial charge >= 0.3 is 0 Å². The number of benzene rings is 1. The number of nitrogens with one attached hydrogen (secondary N) is 1. The minimum Gasteiger partial charge on any atom is -0.494 e. The van der Waals surface area contributed by atoms with E-state index in [1.165, 1.54) is 0 Å². The zero-order chi connectivity index (χ0) is 15.4. The van der Waals surface area contributed by atoms with Crippen LogP contribution in [0.15, 0.2) is 18.2 Å². The second kappa shape index (κ2) is 6.58. The molecule has 2 rings (SSSR count). The summed E-state index contributed by atoms with van der Waals surface area (Å²) >= 11 is 0. The van der Waals surface area contributed by atoms with Crippen molar-refractivity contribution < 1.29 is 4.74 Å². The van der Waals surface area contributed by atoms with E-state index in [0.717, 1.165) is 29.2 Å². The van der Waals surface area contributed by atoms with Crippen molar-refractivity contribution >= 4 is 16.9 Å². The van der Waals surface area contributed by atoms with E-state index in [4.69, 9.17) is 20.9 Å². The minimum absolute atomic E-state index is 0.193. The van der Waals surface area contributed by atoms with Crippen molar-refractivity contribution in [1.82, 2.24) is 14.5 Å². The number of fused-ring (bicyclic) bond motifs is 1. The maximum absolute atomic E-state index is 7.42. The fourth-order valence-electron chi connectivity index (χ4n) is 2.30. The van der Waals surface area contributed by atoms with E-state index in [1.807, 2.05) is 39.2 Å². The lowest BCUT2D eigenvalue weighted by Crippen LogP contribution is -2.18. The lowest BCUT2D eigenvalue weighted by molar-refractivity contribution is 0.340. The summed E-state index contributed by atoms with van der Waals surface area (Å²) in [5, 5.41) is 7.42. The molecule has 0 saturated heterocycles. The number of hydrogen-bond donors (Lipinski definition) is 2. The highest BCUT2D eigenvalue weighted by Crippen LogP contribution is 2.23. The van der Waals surface area contributed by atoms with Crippen LogP contribution in [0.25, 0.3) is 11.0 Å². The Balaban J connectivity index is 2.41. The lowest BCUT2D eigenvalue weighted by Gasteiger charge is -2.12. The van der Waals surface area contributed by atoms with Gasteiger partial charge in [-0.05, 0) is 33.2 Å². The number of aryl methyl sites for hydroxylation is 1. The molecule has 0 amide bonds. The van der Waals surface area contributed by atoms with Gasteiger partial charge in [0.1, 0.15) is 11.6 Å². The third-order valence-electron chi connectivity index (χ3n) is 3.17. The highest BCUT2D eigenvalue weighted by Gasteiger charge is 2.12. The Kier molecular flexibility index (Phi) is 4.80. The third-order valence-corrected chi connectivity index (χ3v) is 3.17. The average Bonchev–Trinajstić information content (AvgIpc) is 2.72. The topological polar surface area (TPSA) is 80.2 Å². The van der Waals surface area contributed by atoms with Gasteiger partial charge in [-0.15, -0.1) is 0 Å². The van der Waals surface area contributed by atoms with Crippen molar-refractivity contribution in [2.75, 3.05) is 20.7 Å². The summed E-state index contributed by atoms with van der Waals surface area (Å²) in [6.45, 7) is 4.02. The molecule has 0 fully saturated rings. The molecule has 21 heavy (non-hydrogen) atoms. The van der Waals surface area contributed by atoms with Gasteiger partial charge in [0.25, 0.3) is 0 Å². The molecule has 2 aromatic rings. The monoisotopic (exact) mass is 289 g/mol. The molecule has 0 unspecified atom stereocenters. The van der Waals surface area contributed by atoms with Crippen LogP contribution in [0.4, 0.5) is 0 Å². The van der Waals surface area contributed by atoms with Crippen molar-refractivity contribution in [3.05, 3.63) is 24.0 Å². The first kappa shape index (κ1) is 15.3. The molecule has 6 nitrogen and oxygen atoms in total. The second-order valence-electron chi connectivity index (χ2n) is 5.28. The molecule has 0 aliphatic carbocycles. The molecule has 1 aromatic carbocycles. The van der Waals surface area contributed by atoms with E-state index in [9.17, 15) is 0 Å². The first-order chi connectivity index (χ1) is 10.0. The van der Waals surface area contributed by atoms with Crippen LogP contribution in [0.1, 0.15) is 19.2 Å². The number of amidine groups is 1. The molecule has 0 aliphatic rings. The molecule has 0 atom stereocenters. The van der Waals surface area contributed by atoms with Crippen molar-refractivity contribution in [2.24, 2.45) is 5.73 Å². The minimum atomic E-state index is 0.193. The summed E-state index contributed by atoms with van der Waals surface area (Å²) in [6, 6.07) is 5.94. The van der Waals surface area contributed by atoms with E-state index < -0.39 is 0 Å². The van der Waals surface area contributed by atoms with Gasteiger partial charge in [0.2, 0.25) is 0 Å². The molecule has 1 aromatic heterocycles. The molecule has 6 heteroatoms. The maximum Gasteiger partial charge on any atom is 0.124 e. The highest BCUT2D eigenvalue weighted by atomic mass is 16.5. The first-order valence-electron chi connectivity index (χ1n) is 7.11. The van der Waals surface area contributed by atoms with Gasteiger partial charge in [-0.1, -0.05) is 0 Å². The predicted octanol–water partition coefficient (Wildman–Crippen LogP) is 1.82. The molecule has 0 bridgehead atoms. The Labute approximate surface area is 125 Å². The van der Waals surface area contributed by atoms with E-state index in [0.29, 0.717) is 19.6 Å². The Morgan fingerprint density at radius 1 is 1.43 bits per heavy atom. The Morgan fingerprint density at radius 2 is 2.19 bits per heavy atom. The number of rotatable bonds is 7. The van der Waals surface area contributed by atoms with E-state index in [-0.39, 0.29) is 5.84 Å². The molecule has 0 saturated carbocycles. The number of nitrogens with two attached hydrogens (primary N) is 1. The van der Waals surface area contributed by atoms with Gasteiger partial charge in [0, 0.05) is 19.0 Å². The Morgan fingerprint density at radius 3 is 2.81 bits per heavy atom. The molecule has 3 N–H and O–H groups in total. The average molecular weight is 289 g/mol. The highest BCUT2D eigenvalue weighted by molar-refractivity contribution is 5.79. The number of hydrogen-bond acceptors (Lipinski definition) is 4. The number of nitrogens with zero attached hydrogens (tertiary/aromatic N) is 3. The molecule has 0 spiro atoms.